The highest BCUT2D eigenvalue weighted by Crippen LogP contribution is 2.30. The molecule has 31 heavy (non-hydrogen) atoms. The van der Waals surface area contributed by atoms with E-state index in [1.165, 1.54) is 10.6 Å². The number of hydrogen-bond acceptors (Lipinski definition) is 7. The molecule has 0 aliphatic carbocycles. The van der Waals surface area contributed by atoms with Crippen LogP contribution >= 0.6 is 0 Å². The van der Waals surface area contributed by atoms with E-state index in [0.717, 1.165) is 18.1 Å². The van der Waals surface area contributed by atoms with Gasteiger partial charge in [-0.2, -0.15) is 13.2 Å². The van der Waals surface area contributed by atoms with Gasteiger partial charge in [-0.1, -0.05) is 0 Å². The summed E-state index contributed by atoms with van der Waals surface area (Å²) in [6.07, 6.45) is 3.48. The molecule has 0 spiro atoms. The highest BCUT2D eigenvalue weighted by molar-refractivity contribution is 5.58. The Balaban J connectivity index is 1.49. The number of hydrogen-bond donors (Lipinski definition) is 1. The first-order valence-electron chi connectivity index (χ1n) is 9.51. The van der Waals surface area contributed by atoms with Gasteiger partial charge in [0.05, 0.1) is 43.3 Å². The van der Waals surface area contributed by atoms with Crippen LogP contribution in [-0.4, -0.2) is 53.5 Å². The fraction of sp³-hybridized carbons (Fsp3) is 0.316. The molecular formula is C19H17F3N8O. The maximum Gasteiger partial charge on any atom is 0.434 e. The maximum atomic E-state index is 13.1. The van der Waals surface area contributed by atoms with Crippen molar-refractivity contribution in [2.45, 2.75) is 25.3 Å². The molecule has 2 unspecified atom stereocenters. The highest BCUT2D eigenvalue weighted by Gasteiger charge is 2.33. The topological polar surface area (TPSA) is 97.1 Å². The molecule has 0 bridgehead atoms. The minimum absolute atomic E-state index is 0.0586. The molecule has 1 N–H and O–H groups in total. The number of nitrogens with zero attached hydrogens (tertiary/aromatic N) is 7. The molecule has 1 saturated heterocycles. The predicted octanol–water partition coefficient (Wildman–Crippen LogP) is 2.89. The van der Waals surface area contributed by atoms with E-state index in [0.29, 0.717) is 24.6 Å². The summed E-state index contributed by atoms with van der Waals surface area (Å²) in [4.78, 5) is 25.6. The second-order valence-corrected chi connectivity index (χ2v) is 7.23. The Morgan fingerprint density at radius 3 is 2.77 bits per heavy atom. The van der Waals surface area contributed by atoms with Crippen LogP contribution in [-0.2, 0) is 10.9 Å². The predicted molar refractivity (Wildman–Crippen MR) is 103 cm³/mol. The van der Waals surface area contributed by atoms with Gasteiger partial charge in [0.1, 0.15) is 17.6 Å². The molecule has 0 aromatic carbocycles. The van der Waals surface area contributed by atoms with Gasteiger partial charge in [0.25, 0.3) is 0 Å². The largest absolute Gasteiger partial charge is 0.434 e. The number of morpholine rings is 1. The number of imidazole rings is 2. The molecule has 5 rings (SSSR count). The van der Waals surface area contributed by atoms with Gasteiger partial charge in [0.15, 0.2) is 17.2 Å². The maximum absolute atomic E-state index is 13.1. The van der Waals surface area contributed by atoms with Gasteiger partial charge >= 0.3 is 6.18 Å². The lowest BCUT2D eigenvalue weighted by molar-refractivity contribution is -0.141. The van der Waals surface area contributed by atoms with Crippen LogP contribution < -0.4 is 4.90 Å². The van der Waals surface area contributed by atoms with Crippen LogP contribution in [0.1, 0.15) is 24.4 Å². The van der Waals surface area contributed by atoms with E-state index in [1.54, 1.807) is 24.8 Å². The first-order chi connectivity index (χ1) is 14.9. The minimum atomic E-state index is -4.57. The van der Waals surface area contributed by atoms with Crippen LogP contribution in [0.3, 0.4) is 0 Å². The zero-order valence-electron chi connectivity index (χ0n) is 16.3. The van der Waals surface area contributed by atoms with E-state index in [1.807, 2.05) is 6.92 Å². The Morgan fingerprint density at radius 2 is 2.00 bits per heavy atom. The summed E-state index contributed by atoms with van der Waals surface area (Å²) in [5, 5.41) is 0. The SMILES string of the molecule is CC1CN(c2ccnc(-c3cnc4cnc(C(F)(F)F)cn34)n2)CC(c2cnc[nH]2)O1. The molecule has 0 amide bonds. The summed E-state index contributed by atoms with van der Waals surface area (Å²) in [6.45, 7) is 3.11. The van der Waals surface area contributed by atoms with Crippen molar-refractivity contribution in [2.24, 2.45) is 0 Å². The number of fused-ring (bicyclic) bond motifs is 1. The molecule has 4 aromatic rings. The third-order valence-corrected chi connectivity index (χ3v) is 5.01. The molecule has 1 aliphatic rings. The normalized spacial score (nSPS) is 19.8. The summed E-state index contributed by atoms with van der Waals surface area (Å²) in [5.74, 6) is 0.909. The van der Waals surface area contributed by atoms with Crippen LogP contribution in [0.4, 0.5) is 19.0 Å². The summed E-state index contributed by atoms with van der Waals surface area (Å²) in [5.41, 5.74) is 0.465. The molecule has 9 nitrogen and oxygen atoms in total. The van der Waals surface area contributed by atoms with Gasteiger partial charge < -0.3 is 14.6 Å². The number of aromatic amines is 1. The van der Waals surface area contributed by atoms with Crippen molar-refractivity contribution in [3.8, 4) is 11.5 Å². The molecule has 0 radical (unpaired) electrons. The van der Waals surface area contributed by atoms with Gasteiger partial charge in [0, 0.05) is 18.9 Å². The summed E-state index contributed by atoms with van der Waals surface area (Å²) < 4.78 is 46.6. The van der Waals surface area contributed by atoms with E-state index in [2.05, 4.69) is 34.8 Å². The number of nitrogens with one attached hydrogen (secondary N) is 1. The fourth-order valence-electron chi connectivity index (χ4n) is 3.60. The second-order valence-electron chi connectivity index (χ2n) is 7.23. The molecular weight excluding hydrogens is 413 g/mol. The Bertz CT molecular complexity index is 1210. The van der Waals surface area contributed by atoms with Gasteiger partial charge in [0.2, 0.25) is 0 Å². The van der Waals surface area contributed by atoms with Crippen LogP contribution in [0.15, 0.2) is 43.4 Å². The van der Waals surface area contributed by atoms with Crippen LogP contribution in [0.2, 0.25) is 0 Å². The van der Waals surface area contributed by atoms with Gasteiger partial charge in [-0.15, -0.1) is 0 Å². The van der Waals surface area contributed by atoms with Crippen molar-refractivity contribution >= 4 is 11.5 Å². The van der Waals surface area contributed by atoms with E-state index in [-0.39, 0.29) is 23.7 Å². The molecule has 4 aromatic heterocycles. The summed E-state index contributed by atoms with van der Waals surface area (Å²) in [6, 6.07) is 1.76. The van der Waals surface area contributed by atoms with Gasteiger partial charge in [-0.05, 0) is 13.0 Å². The molecule has 1 fully saturated rings. The van der Waals surface area contributed by atoms with Crippen molar-refractivity contribution in [1.82, 2.24) is 34.3 Å². The monoisotopic (exact) mass is 430 g/mol. The van der Waals surface area contributed by atoms with Gasteiger partial charge in [-0.25, -0.2) is 24.9 Å². The van der Waals surface area contributed by atoms with Crippen molar-refractivity contribution < 1.29 is 17.9 Å². The van der Waals surface area contributed by atoms with Gasteiger partial charge in [-0.3, -0.25) is 4.40 Å². The minimum Gasteiger partial charge on any atom is -0.365 e. The number of aromatic nitrogens is 7. The zero-order chi connectivity index (χ0) is 21.6. The Morgan fingerprint density at radius 1 is 1.13 bits per heavy atom. The van der Waals surface area contributed by atoms with E-state index in [4.69, 9.17) is 4.74 Å². The third kappa shape index (κ3) is 3.69. The van der Waals surface area contributed by atoms with Crippen LogP contribution in [0, 0.1) is 0 Å². The lowest BCUT2D eigenvalue weighted by atomic mass is 10.2. The number of anilines is 1. The third-order valence-electron chi connectivity index (χ3n) is 5.01. The quantitative estimate of drug-likeness (QED) is 0.534. The molecule has 1 aliphatic heterocycles. The summed E-state index contributed by atoms with van der Waals surface area (Å²) in [7, 11) is 0. The van der Waals surface area contributed by atoms with E-state index >= 15 is 0 Å². The molecule has 2 atom stereocenters. The number of rotatable bonds is 3. The van der Waals surface area contributed by atoms with E-state index in [9.17, 15) is 13.2 Å². The smallest absolute Gasteiger partial charge is 0.365 e. The number of alkyl halides is 3. The Kier molecular flexibility index (Phi) is 4.58. The summed E-state index contributed by atoms with van der Waals surface area (Å²) >= 11 is 0. The average Bonchev–Trinajstić information content (AvgIpc) is 3.42. The second kappa shape index (κ2) is 7.30. The fourth-order valence-corrected chi connectivity index (χ4v) is 3.60. The Labute approximate surface area is 174 Å². The van der Waals surface area contributed by atoms with Crippen LogP contribution in [0.5, 0.6) is 0 Å². The molecule has 160 valence electrons. The highest BCUT2D eigenvalue weighted by atomic mass is 19.4. The molecule has 0 saturated carbocycles. The standard InChI is InChI=1S/C19H17F3N8O/c1-11-7-29(8-14(31-11)12-4-23-10-27-12)16-2-3-24-18(28-16)13-5-26-17-6-25-15(9-30(13)17)19(20,21)22/h2-6,9-11,14H,7-8H2,1H3,(H,23,27). The first kappa shape index (κ1) is 19.4. The lowest BCUT2D eigenvalue weighted by Gasteiger charge is -2.37. The molecule has 5 heterocycles. The average molecular weight is 430 g/mol. The number of H-pyrrole nitrogens is 1. The lowest BCUT2D eigenvalue weighted by Crippen LogP contribution is -2.43. The number of ether oxygens (including phenoxy) is 1. The van der Waals surface area contributed by atoms with Crippen molar-refractivity contribution in [3.63, 3.8) is 0 Å². The van der Waals surface area contributed by atoms with Crippen LogP contribution in [0.25, 0.3) is 17.2 Å². The number of halogens is 3. The first-order valence-corrected chi connectivity index (χ1v) is 9.51. The Hall–Kier alpha value is -3.54. The van der Waals surface area contributed by atoms with E-state index < -0.39 is 11.9 Å². The van der Waals surface area contributed by atoms with Crippen molar-refractivity contribution in [3.05, 3.63) is 54.8 Å². The molecule has 12 heteroatoms. The van der Waals surface area contributed by atoms with Crippen molar-refractivity contribution in [1.29, 1.82) is 0 Å². The zero-order valence-corrected chi connectivity index (χ0v) is 16.3. The van der Waals surface area contributed by atoms with Crippen molar-refractivity contribution in [2.75, 3.05) is 18.0 Å².